The maximum absolute atomic E-state index is 5.61. The first-order chi connectivity index (χ1) is 8.56. The maximum Gasteiger partial charge on any atom is 0.226 e. The second kappa shape index (κ2) is 5.41. The summed E-state index contributed by atoms with van der Waals surface area (Å²) in [6, 6.07) is 3.88. The lowest BCUT2D eigenvalue weighted by Crippen LogP contribution is -2.21. The second-order valence-corrected chi connectivity index (χ2v) is 5.27. The zero-order valence-electron chi connectivity index (χ0n) is 10.3. The van der Waals surface area contributed by atoms with Crippen molar-refractivity contribution in [1.29, 1.82) is 0 Å². The molecule has 4 nitrogen and oxygen atoms in total. The third-order valence-corrected chi connectivity index (χ3v) is 3.38. The van der Waals surface area contributed by atoms with Gasteiger partial charge in [-0.2, -0.15) is 11.3 Å². The SMILES string of the molecule is Cc1cc(C(N)=S)nc(N(C)Cc2ccsc2)n1. The fraction of sp³-hybridized carbons (Fsp3) is 0.250. The van der Waals surface area contributed by atoms with Crippen molar-refractivity contribution in [2.45, 2.75) is 13.5 Å². The van der Waals surface area contributed by atoms with E-state index >= 15 is 0 Å². The average Bonchev–Trinajstić information content (AvgIpc) is 2.80. The minimum atomic E-state index is 0.297. The number of nitrogens with zero attached hydrogens (tertiary/aromatic N) is 3. The number of thiocarbonyl (C=S) groups is 1. The molecule has 0 aliphatic heterocycles. The molecule has 0 amide bonds. The number of aromatic nitrogens is 2. The van der Waals surface area contributed by atoms with Gasteiger partial charge >= 0.3 is 0 Å². The molecular weight excluding hydrogens is 264 g/mol. The summed E-state index contributed by atoms with van der Waals surface area (Å²) in [5.74, 6) is 0.643. The van der Waals surface area contributed by atoms with E-state index in [1.807, 2.05) is 18.9 Å². The molecule has 0 unspecified atom stereocenters. The Morgan fingerprint density at radius 1 is 1.50 bits per heavy atom. The molecule has 0 radical (unpaired) electrons. The number of hydrogen-bond acceptors (Lipinski definition) is 5. The van der Waals surface area contributed by atoms with E-state index in [0.717, 1.165) is 12.2 Å². The van der Waals surface area contributed by atoms with Crippen LogP contribution in [0.5, 0.6) is 0 Å². The summed E-state index contributed by atoms with van der Waals surface area (Å²) in [6.45, 7) is 2.68. The first-order valence-electron chi connectivity index (χ1n) is 5.44. The predicted octanol–water partition coefficient (Wildman–Crippen LogP) is 2.12. The van der Waals surface area contributed by atoms with Gasteiger partial charge in [-0.05, 0) is 35.4 Å². The van der Waals surface area contributed by atoms with Gasteiger partial charge in [0.15, 0.2) is 0 Å². The van der Waals surface area contributed by atoms with Gasteiger partial charge in [0.1, 0.15) is 10.7 Å². The molecule has 0 atom stereocenters. The molecule has 0 aliphatic rings. The number of aryl methyl sites for hydroxylation is 1. The van der Waals surface area contributed by atoms with Crippen LogP contribution in [-0.4, -0.2) is 22.0 Å². The van der Waals surface area contributed by atoms with E-state index in [-0.39, 0.29) is 0 Å². The largest absolute Gasteiger partial charge is 0.388 e. The summed E-state index contributed by atoms with van der Waals surface area (Å²) < 4.78 is 0. The molecule has 0 aromatic carbocycles. The van der Waals surface area contributed by atoms with E-state index in [4.69, 9.17) is 18.0 Å². The lowest BCUT2D eigenvalue weighted by atomic mass is 10.3. The zero-order valence-corrected chi connectivity index (χ0v) is 11.9. The summed E-state index contributed by atoms with van der Waals surface area (Å²) in [5, 5.41) is 4.17. The van der Waals surface area contributed by atoms with Crippen molar-refractivity contribution >= 4 is 34.5 Å². The summed E-state index contributed by atoms with van der Waals surface area (Å²) in [6.07, 6.45) is 0. The van der Waals surface area contributed by atoms with Crippen molar-refractivity contribution in [2.75, 3.05) is 11.9 Å². The first kappa shape index (κ1) is 12.9. The van der Waals surface area contributed by atoms with E-state index in [0.29, 0.717) is 16.6 Å². The van der Waals surface area contributed by atoms with Gasteiger partial charge in [-0.3, -0.25) is 0 Å². The number of rotatable bonds is 4. The Balaban J connectivity index is 2.24. The highest BCUT2D eigenvalue weighted by Crippen LogP contribution is 2.14. The van der Waals surface area contributed by atoms with Crippen LogP contribution in [0.1, 0.15) is 17.0 Å². The highest BCUT2D eigenvalue weighted by molar-refractivity contribution is 7.80. The third-order valence-electron chi connectivity index (χ3n) is 2.44. The van der Waals surface area contributed by atoms with Crippen LogP contribution in [0.15, 0.2) is 22.9 Å². The van der Waals surface area contributed by atoms with Crippen LogP contribution < -0.4 is 10.6 Å². The number of hydrogen-bond donors (Lipinski definition) is 1. The molecular formula is C12H14N4S2. The Kier molecular flexibility index (Phi) is 3.88. The van der Waals surface area contributed by atoms with Crippen LogP contribution in [0.25, 0.3) is 0 Å². The van der Waals surface area contributed by atoms with Crippen molar-refractivity contribution in [3.8, 4) is 0 Å². The molecule has 2 aromatic rings. The molecule has 0 spiro atoms. The van der Waals surface area contributed by atoms with Crippen LogP contribution in [0.2, 0.25) is 0 Å². The fourth-order valence-corrected chi connectivity index (χ4v) is 2.34. The van der Waals surface area contributed by atoms with Crippen molar-refractivity contribution in [3.05, 3.63) is 39.8 Å². The summed E-state index contributed by atoms with van der Waals surface area (Å²) >= 11 is 6.63. The second-order valence-electron chi connectivity index (χ2n) is 4.05. The van der Waals surface area contributed by atoms with Gasteiger partial charge < -0.3 is 10.6 Å². The van der Waals surface area contributed by atoms with Crippen molar-refractivity contribution < 1.29 is 0 Å². The molecule has 2 N–H and O–H groups in total. The summed E-state index contributed by atoms with van der Waals surface area (Å²) in [5.41, 5.74) is 8.33. The van der Waals surface area contributed by atoms with Gasteiger partial charge in [-0.25, -0.2) is 9.97 Å². The predicted molar refractivity (Wildman–Crippen MR) is 79.1 cm³/mol. The van der Waals surface area contributed by atoms with Gasteiger partial charge in [0.05, 0.1) is 0 Å². The monoisotopic (exact) mass is 278 g/mol. The molecule has 18 heavy (non-hydrogen) atoms. The van der Waals surface area contributed by atoms with Gasteiger partial charge in [0.25, 0.3) is 0 Å². The average molecular weight is 278 g/mol. The Labute approximate surface area is 115 Å². The van der Waals surface area contributed by atoms with E-state index in [1.165, 1.54) is 5.56 Å². The van der Waals surface area contributed by atoms with Crippen LogP contribution in [0.4, 0.5) is 5.95 Å². The molecule has 0 saturated heterocycles. The van der Waals surface area contributed by atoms with E-state index < -0.39 is 0 Å². The molecule has 2 aromatic heterocycles. The van der Waals surface area contributed by atoms with Gasteiger partial charge in [-0.15, -0.1) is 0 Å². The number of anilines is 1. The van der Waals surface area contributed by atoms with E-state index in [2.05, 4.69) is 26.8 Å². The standard InChI is InChI=1S/C12H14N4S2/c1-8-5-10(11(13)17)15-12(14-8)16(2)6-9-3-4-18-7-9/h3-5,7H,6H2,1-2H3,(H2,13,17). The van der Waals surface area contributed by atoms with E-state index in [9.17, 15) is 0 Å². The van der Waals surface area contributed by atoms with Crippen LogP contribution in [-0.2, 0) is 6.54 Å². The quantitative estimate of drug-likeness (QED) is 0.868. The molecule has 0 fully saturated rings. The Morgan fingerprint density at radius 2 is 2.28 bits per heavy atom. The molecule has 0 bridgehead atoms. The highest BCUT2D eigenvalue weighted by atomic mass is 32.1. The number of nitrogens with two attached hydrogens (primary N) is 1. The lowest BCUT2D eigenvalue weighted by molar-refractivity contribution is 0.860. The molecule has 6 heteroatoms. The van der Waals surface area contributed by atoms with Crippen molar-refractivity contribution in [2.24, 2.45) is 5.73 Å². The van der Waals surface area contributed by atoms with Crippen LogP contribution in [0.3, 0.4) is 0 Å². The van der Waals surface area contributed by atoms with E-state index in [1.54, 1.807) is 17.4 Å². The van der Waals surface area contributed by atoms with Crippen LogP contribution >= 0.6 is 23.6 Å². The topological polar surface area (TPSA) is 55.0 Å². The van der Waals surface area contributed by atoms with Gasteiger partial charge in [0.2, 0.25) is 5.95 Å². The molecule has 0 aliphatic carbocycles. The maximum atomic E-state index is 5.61. The smallest absolute Gasteiger partial charge is 0.226 e. The Hall–Kier alpha value is -1.53. The van der Waals surface area contributed by atoms with Gasteiger partial charge in [-0.1, -0.05) is 12.2 Å². The fourth-order valence-electron chi connectivity index (χ4n) is 1.58. The normalized spacial score (nSPS) is 10.3. The molecule has 0 saturated carbocycles. The highest BCUT2D eigenvalue weighted by Gasteiger charge is 2.09. The molecule has 94 valence electrons. The van der Waals surface area contributed by atoms with Gasteiger partial charge in [0, 0.05) is 19.3 Å². The Bertz CT molecular complexity index is 551. The molecule has 2 heterocycles. The van der Waals surface area contributed by atoms with Crippen molar-refractivity contribution in [3.63, 3.8) is 0 Å². The third kappa shape index (κ3) is 3.02. The lowest BCUT2D eigenvalue weighted by Gasteiger charge is -2.17. The van der Waals surface area contributed by atoms with Crippen LogP contribution in [0, 0.1) is 6.92 Å². The number of thiophene rings is 1. The summed E-state index contributed by atoms with van der Waals surface area (Å²) in [7, 11) is 1.95. The summed E-state index contributed by atoms with van der Waals surface area (Å²) in [4.78, 5) is 11.0. The minimum Gasteiger partial charge on any atom is -0.388 e. The zero-order chi connectivity index (χ0) is 13.1. The molecule has 2 rings (SSSR count). The first-order valence-corrected chi connectivity index (χ1v) is 6.79. The Morgan fingerprint density at radius 3 is 2.89 bits per heavy atom. The van der Waals surface area contributed by atoms with Crippen molar-refractivity contribution in [1.82, 2.24) is 9.97 Å². The minimum absolute atomic E-state index is 0.297.